The summed E-state index contributed by atoms with van der Waals surface area (Å²) in [4.78, 5) is 12.6. The van der Waals surface area contributed by atoms with Crippen LogP contribution >= 0.6 is 0 Å². The third-order valence-corrected chi connectivity index (χ3v) is 6.46. The van der Waals surface area contributed by atoms with E-state index < -0.39 is 73.1 Å². The van der Waals surface area contributed by atoms with Crippen LogP contribution in [0.2, 0.25) is 0 Å². The molecule has 1 aromatic rings. The summed E-state index contributed by atoms with van der Waals surface area (Å²) < 4.78 is 22.3. The first-order chi connectivity index (χ1) is 15.6. The van der Waals surface area contributed by atoms with Crippen LogP contribution in [0.5, 0.6) is 5.75 Å². The Labute approximate surface area is 189 Å². The van der Waals surface area contributed by atoms with E-state index in [0.717, 1.165) is 0 Å². The van der Waals surface area contributed by atoms with Gasteiger partial charge in [-0.15, -0.1) is 0 Å². The molecule has 33 heavy (non-hydrogen) atoms. The van der Waals surface area contributed by atoms with Crippen molar-refractivity contribution < 1.29 is 54.4 Å². The fourth-order valence-electron chi connectivity index (χ4n) is 4.69. The standard InChI is InChI=1S/C22H28O11/c1-22(29)8-13(31-19(28)10-2-4-11(24)5-3-10)12-6-7-30-20(15(12)22)33-21-18(27)17(26)16(25)14(9-23)32-21/h2-7,12-18,20-21,23-27,29H,8-9H2,1H3/t12-,13?,14+,15+,16+,17+,18+,20-,21-,22-/m0/s1. The number of ether oxygens (including phenoxy) is 4. The summed E-state index contributed by atoms with van der Waals surface area (Å²) in [6.45, 7) is 0.931. The second-order valence-electron chi connectivity index (χ2n) is 8.82. The normalized spacial score (nSPS) is 42.4. The van der Waals surface area contributed by atoms with E-state index in [1.807, 2.05) is 0 Å². The van der Waals surface area contributed by atoms with Gasteiger partial charge in [0.1, 0.15) is 36.3 Å². The highest BCUT2D eigenvalue weighted by molar-refractivity contribution is 5.89. The third-order valence-electron chi connectivity index (χ3n) is 6.46. The average molecular weight is 468 g/mol. The van der Waals surface area contributed by atoms with Crippen LogP contribution < -0.4 is 0 Å². The summed E-state index contributed by atoms with van der Waals surface area (Å²) >= 11 is 0. The first-order valence-corrected chi connectivity index (χ1v) is 10.6. The Morgan fingerprint density at radius 2 is 1.82 bits per heavy atom. The Hall–Kier alpha value is -2.25. The third kappa shape index (κ3) is 4.58. The molecule has 1 saturated heterocycles. The Bertz CT molecular complexity index is 868. The summed E-state index contributed by atoms with van der Waals surface area (Å²) in [7, 11) is 0. The summed E-state index contributed by atoms with van der Waals surface area (Å²) in [6.07, 6.45) is -6.21. The van der Waals surface area contributed by atoms with Gasteiger partial charge >= 0.3 is 5.97 Å². The number of fused-ring (bicyclic) bond motifs is 1. The van der Waals surface area contributed by atoms with Gasteiger partial charge in [-0.05, 0) is 37.3 Å². The molecular formula is C22H28O11. The molecule has 11 nitrogen and oxygen atoms in total. The number of aromatic hydroxyl groups is 1. The number of rotatable bonds is 5. The highest BCUT2D eigenvalue weighted by atomic mass is 16.8. The summed E-state index contributed by atoms with van der Waals surface area (Å²) in [5.74, 6) is -1.84. The van der Waals surface area contributed by atoms with Crippen molar-refractivity contribution in [3.05, 3.63) is 42.2 Å². The molecule has 2 heterocycles. The molecule has 1 aliphatic carbocycles. The van der Waals surface area contributed by atoms with E-state index in [1.54, 1.807) is 13.0 Å². The first-order valence-electron chi connectivity index (χ1n) is 10.6. The van der Waals surface area contributed by atoms with Gasteiger partial charge in [0.05, 0.1) is 30.0 Å². The van der Waals surface area contributed by atoms with Gasteiger partial charge in [-0.3, -0.25) is 0 Å². The van der Waals surface area contributed by atoms with E-state index >= 15 is 0 Å². The zero-order chi connectivity index (χ0) is 23.9. The number of aliphatic hydroxyl groups is 5. The van der Waals surface area contributed by atoms with Gasteiger partial charge < -0.3 is 49.6 Å². The van der Waals surface area contributed by atoms with Gasteiger partial charge in [-0.25, -0.2) is 4.79 Å². The van der Waals surface area contributed by atoms with Crippen LogP contribution in [0.15, 0.2) is 36.6 Å². The average Bonchev–Trinajstić information content (AvgIpc) is 3.05. The van der Waals surface area contributed by atoms with Crippen LogP contribution in [-0.4, -0.2) is 91.9 Å². The number of carbonyl (C=O) groups is 1. The Balaban J connectivity index is 1.49. The SMILES string of the molecule is C[C@]1(O)CC(OC(=O)c2ccc(O)cc2)[C@@H]2C=CO[C@@H](O[C@@H]3O[C@H](CO)[C@@H](O)[C@@H](O)[C@H]3O)[C@@H]21. The molecular weight excluding hydrogens is 440 g/mol. The number of benzene rings is 1. The van der Waals surface area contributed by atoms with Gasteiger partial charge in [0.15, 0.2) is 6.29 Å². The predicted molar refractivity (Wildman–Crippen MR) is 108 cm³/mol. The van der Waals surface area contributed by atoms with E-state index in [2.05, 4.69) is 0 Å². The maximum absolute atomic E-state index is 12.6. The lowest BCUT2D eigenvalue weighted by molar-refractivity contribution is -0.346. The number of esters is 1. The number of phenols is 1. The van der Waals surface area contributed by atoms with Gasteiger partial charge in [0, 0.05) is 12.3 Å². The lowest BCUT2D eigenvalue weighted by Gasteiger charge is -2.43. The zero-order valence-electron chi connectivity index (χ0n) is 17.8. The molecule has 6 N–H and O–H groups in total. The van der Waals surface area contributed by atoms with Crippen LogP contribution in [0.3, 0.4) is 0 Å². The lowest BCUT2D eigenvalue weighted by atomic mass is 9.85. The second kappa shape index (κ2) is 9.18. The van der Waals surface area contributed by atoms with Gasteiger partial charge in [-0.2, -0.15) is 0 Å². The van der Waals surface area contributed by atoms with E-state index in [1.165, 1.54) is 30.5 Å². The van der Waals surface area contributed by atoms with Crippen LogP contribution in [0, 0.1) is 11.8 Å². The van der Waals surface area contributed by atoms with Crippen molar-refractivity contribution in [3.8, 4) is 5.75 Å². The molecule has 2 fully saturated rings. The smallest absolute Gasteiger partial charge is 0.338 e. The Kier molecular flexibility index (Phi) is 6.65. The molecule has 10 atom stereocenters. The van der Waals surface area contributed by atoms with Crippen molar-refractivity contribution >= 4 is 5.97 Å². The molecule has 1 aromatic carbocycles. The topological polar surface area (TPSA) is 175 Å². The molecule has 1 unspecified atom stereocenters. The minimum Gasteiger partial charge on any atom is -0.508 e. The molecule has 2 aliphatic heterocycles. The maximum Gasteiger partial charge on any atom is 0.338 e. The Morgan fingerprint density at radius 3 is 2.48 bits per heavy atom. The van der Waals surface area contributed by atoms with Crippen molar-refractivity contribution in [2.45, 2.75) is 62.0 Å². The molecule has 0 spiro atoms. The fourth-order valence-corrected chi connectivity index (χ4v) is 4.69. The molecule has 4 rings (SSSR count). The molecule has 0 aromatic heterocycles. The Morgan fingerprint density at radius 1 is 1.12 bits per heavy atom. The highest BCUT2D eigenvalue weighted by Crippen LogP contribution is 2.48. The number of phenolic OH excluding ortho intramolecular Hbond substituents is 1. The van der Waals surface area contributed by atoms with E-state index in [4.69, 9.17) is 18.9 Å². The van der Waals surface area contributed by atoms with Gasteiger partial charge in [-0.1, -0.05) is 0 Å². The zero-order valence-corrected chi connectivity index (χ0v) is 17.8. The van der Waals surface area contributed by atoms with Crippen molar-refractivity contribution in [1.82, 2.24) is 0 Å². The second-order valence-corrected chi connectivity index (χ2v) is 8.82. The minimum atomic E-state index is -1.63. The maximum atomic E-state index is 12.6. The number of aliphatic hydroxyl groups excluding tert-OH is 4. The summed E-state index contributed by atoms with van der Waals surface area (Å²) in [6, 6.07) is 5.58. The van der Waals surface area contributed by atoms with Crippen LogP contribution in [0.1, 0.15) is 23.7 Å². The molecule has 182 valence electrons. The van der Waals surface area contributed by atoms with Gasteiger partial charge in [0.25, 0.3) is 0 Å². The van der Waals surface area contributed by atoms with Gasteiger partial charge in [0.2, 0.25) is 6.29 Å². The molecule has 1 saturated carbocycles. The van der Waals surface area contributed by atoms with Crippen LogP contribution in [-0.2, 0) is 18.9 Å². The molecule has 0 amide bonds. The molecule has 11 heteroatoms. The first kappa shape index (κ1) is 23.9. The van der Waals surface area contributed by atoms with Crippen molar-refractivity contribution in [2.24, 2.45) is 11.8 Å². The molecule has 0 bridgehead atoms. The fraction of sp³-hybridized carbons (Fsp3) is 0.591. The quantitative estimate of drug-likeness (QED) is 0.292. The minimum absolute atomic E-state index is 0.0101. The van der Waals surface area contributed by atoms with E-state index in [9.17, 15) is 35.4 Å². The number of hydrogen-bond donors (Lipinski definition) is 6. The molecule has 3 aliphatic rings. The number of carbonyl (C=O) groups excluding carboxylic acids is 1. The van der Waals surface area contributed by atoms with Crippen LogP contribution in [0.4, 0.5) is 0 Å². The lowest BCUT2D eigenvalue weighted by Crippen LogP contribution is -2.60. The van der Waals surface area contributed by atoms with E-state index in [-0.39, 0.29) is 17.7 Å². The molecule has 0 radical (unpaired) electrons. The summed E-state index contributed by atoms with van der Waals surface area (Å²) in [5.41, 5.74) is -1.16. The van der Waals surface area contributed by atoms with Crippen LogP contribution in [0.25, 0.3) is 0 Å². The number of hydrogen-bond acceptors (Lipinski definition) is 11. The van der Waals surface area contributed by atoms with E-state index in [0.29, 0.717) is 0 Å². The predicted octanol–water partition coefficient (Wildman–Crippen LogP) is -1.01. The monoisotopic (exact) mass is 468 g/mol. The van der Waals surface area contributed by atoms with Crippen molar-refractivity contribution in [3.63, 3.8) is 0 Å². The van der Waals surface area contributed by atoms with Crippen molar-refractivity contribution in [2.75, 3.05) is 6.61 Å². The largest absolute Gasteiger partial charge is 0.508 e. The highest BCUT2D eigenvalue weighted by Gasteiger charge is 2.58. The summed E-state index contributed by atoms with van der Waals surface area (Å²) in [5, 5.41) is 60.1. The van der Waals surface area contributed by atoms with Crippen molar-refractivity contribution in [1.29, 1.82) is 0 Å².